The Bertz CT molecular complexity index is 653. The van der Waals surface area contributed by atoms with Crippen LogP contribution in [0.2, 0.25) is 10.0 Å². The summed E-state index contributed by atoms with van der Waals surface area (Å²) in [6, 6.07) is 11.0. The van der Waals surface area contributed by atoms with Crippen molar-refractivity contribution in [3.8, 4) is 0 Å². The number of hydrogen-bond donors (Lipinski definition) is 1. The first-order valence-corrected chi connectivity index (χ1v) is 6.50. The van der Waals surface area contributed by atoms with Crippen LogP contribution in [-0.4, -0.2) is 5.91 Å². The number of hydrogen-bond acceptors (Lipinski definition) is 1. The minimum Gasteiger partial charge on any atom is -0.322 e. The van der Waals surface area contributed by atoms with Crippen LogP contribution in [0.15, 0.2) is 48.5 Å². The van der Waals surface area contributed by atoms with Crippen molar-refractivity contribution in [2.45, 2.75) is 0 Å². The molecular weight excluding hydrogens is 300 g/mol. The van der Waals surface area contributed by atoms with Crippen molar-refractivity contribution in [2.24, 2.45) is 0 Å². The van der Waals surface area contributed by atoms with Crippen LogP contribution >= 0.6 is 23.2 Å². The van der Waals surface area contributed by atoms with E-state index < -0.39 is 5.82 Å². The minimum atomic E-state index is -0.527. The number of nitrogens with one attached hydrogen (secondary N) is 1. The van der Waals surface area contributed by atoms with Gasteiger partial charge in [0.15, 0.2) is 0 Å². The van der Waals surface area contributed by atoms with Crippen LogP contribution in [0.25, 0.3) is 6.08 Å². The largest absolute Gasteiger partial charge is 0.322 e. The number of anilines is 1. The first-order valence-electron chi connectivity index (χ1n) is 5.74. The Balaban J connectivity index is 2.01. The van der Waals surface area contributed by atoms with Gasteiger partial charge in [0.2, 0.25) is 5.91 Å². The lowest BCUT2D eigenvalue weighted by Gasteiger charge is -2.03. The molecule has 0 aliphatic rings. The maximum Gasteiger partial charge on any atom is 0.248 e. The average molecular weight is 310 g/mol. The molecule has 2 aromatic carbocycles. The van der Waals surface area contributed by atoms with Crippen molar-refractivity contribution in [3.05, 3.63) is 70.0 Å². The van der Waals surface area contributed by atoms with Crippen molar-refractivity contribution in [2.75, 3.05) is 5.32 Å². The first kappa shape index (κ1) is 14.6. The summed E-state index contributed by atoms with van der Waals surface area (Å²) >= 11 is 11.4. The van der Waals surface area contributed by atoms with E-state index in [-0.39, 0.29) is 10.9 Å². The third kappa shape index (κ3) is 4.08. The summed E-state index contributed by atoms with van der Waals surface area (Å²) in [6.45, 7) is 0. The molecule has 0 saturated carbocycles. The van der Waals surface area contributed by atoms with Crippen LogP contribution < -0.4 is 5.32 Å². The van der Waals surface area contributed by atoms with Gasteiger partial charge in [-0.2, -0.15) is 0 Å². The summed E-state index contributed by atoms with van der Waals surface area (Å²) in [4.78, 5) is 11.7. The van der Waals surface area contributed by atoms with Crippen molar-refractivity contribution in [3.63, 3.8) is 0 Å². The Labute approximate surface area is 125 Å². The van der Waals surface area contributed by atoms with Gasteiger partial charge in [-0.3, -0.25) is 4.79 Å². The summed E-state index contributed by atoms with van der Waals surface area (Å²) < 4.78 is 13.0. The summed E-state index contributed by atoms with van der Waals surface area (Å²) in [6.07, 6.45) is 3.03. The van der Waals surface area contributed by atoms with Gasteiger partial charge in [0, 0.05) is 16.8 Å². The molecule has 2 aromatic rings. The maximum atomic E-state index is 13.0. The molecule has 0 aliphatic heterocycles. The smallest absolute Gasteiger partial charge is 0.248 e. The van der Waals surface area contributed by atoms with Gasteiger partial charge in [-0.05, 0) is 42.0 Å². The van der Waals surface area contributed by atoms with Crippen LogP contribution in [0.4, 0.5) is 10.1 Å². The number of carbonyl (C=O) groups is 1. The molecule has 2 nitrogen and oxygen atoms in total. The molecule has 0 atom stereocenters. The van der Waals surface area contributed by atoms with Crippen LogP contribution in [0.5, 0.6) is 0 Å². The first-order chi connectivity index (χ1) is 9.54. The second kappa shape index (κ2) is 6.55. The maximum absolute atomic E-state index is 13.0. The average Bonchev–Trinajstić information content (AvgIpc) is 2.42. The second-order valence-electron chi connectivity index (χ2n) is 4.00. The lowest BCUT2D eigenvalue weighted by molar-refractivity contribution is -0.111. The van der Waals surface area contributed by atoms with Gasteiger partial charge in [0.25, 0.3) is 0 Å². The monoisotopic (exact) mass is 309 g/mol. The lowest BCUT2D eigenvalue weighted by atomic mass is 10.2. The van der Waals surface area contributed by atoms with Crippen molar-refractivity contribution < 1.29 is 9.18 Å². The van der Waals surface area contributed by atoms with Gasteiger partial charge in [0.1, 0.15) is 5.82 Å². The lowest BCUT2D eigenvalue weighted by Crippen LogP contribution is -2.07. The zero-order valence-corrected chi connectivity index (χ0v) is 11.8. The Morgan fingerprint density at radius 1 is 1.10 bits per heavy atom. The SMILES string of the molecule is O=C(C=Cc1ccc(Cl)cc1)Nc1ccc(F)c(Cl)c1. The summed E-state index contributed by atoms with van der Waals surface area (Å²) in [7, 11) is 0. The van der Waals surface area contributed by atoms with E-state index in [4.69, 9.17) is 23.2 Å². The summed E-state index contributed by atoms with van der Waals surface area (Å²) in [5.74, 6) is -0.857. The van der Waals surface area contributed by atoms with Crippen LogP contribution in [-0.2, 0) is 4.79 Å². The molecule has 0 spiro atoms. The fourth-order valence-electron chi connectivity index (χ4n) is 1.50. The number of amides is 1. The quantitative estimate of drug-likeness (QED) is 0.812. The van der Waals surface area contributed by atoms with Crippen LogP contribution in [0, 0.1) is 5.82 Å². The van der Waals surface area contributed by atoms with E-state index in [0.717, 1.165) is 5.56 Å². The van der Waals surface area contributed by atoms with Gasteiger partial charge >= 0.3 is 0 Å². The predicted molar refractivity (Wildman–Crippen MR) is 80.5 cm³/mol. The topological polar surface area (TPSA) is 29.1 Å². The molecule has 0 saturated heterocycles. The third-order valence-electron chi connectivity index (χ3n) is 2.48. The van der Waals surface area contributed by atoms with E-state index in [1.807, 2.05) is 0 Å². The second-order valence-corrected chi connectivity index (χ2v) is 4.85. The van der Waals surface area contributed by atoms with E-state index in [1.165, 1.54) is 24.3 Å². The third-order valence-corrected chi connectivity index (χ3v) is 3.03. The van der Waals surface area contributed by atoms with Crippen molar-refractivity contribution in [1.82, 2.24) is 0 Å². The van der Waals surface area contributed by atoms with Gasteiger partial charge in [-0.25, -0.2) is 4.39 Å². The molecule has 0 aromatic heterocycles. The Morgan fingerprint density at radius 2 is 1.80 bits per heavy atom. The molecule has 102 valence electrons. The molecule has 5 heteroatoms. The molecule has 1 N–H and O–H groups in total. The molecule has 20 heavy (non-hydrogen) atoms. The fraction of sp³-hybridized carbons (Fsp3) is 0. The van der Waals surface area contributed by atoms with Gasteiger partial charge in [-0.1, -0.05) is 35.3 Å². The molecule has 0 unspecified atom stereocenters. The number of benzene rings is 2. The Morgan fingerprint density at radius 3 is 2.45 bits per heavy atom. The Hall–Kier alpha value is -1.84. The molecule has 0 radical (unpaired) electrons. The number of carbonyl (C=O) groups excluding carboxylic acids is 1. The van der Waals surface area contributed by atoms with Crippen molar-refractivity contribution in [1.29, 1.82) is 0 Å². The standard InChI is InChI=1S/C15H10Cl2FNO/c16-11-4-1-10(2-5-11)3-8-15(20)19-12-6-7-14(18)13(17)9-12/h1-9H,(H,19,20). The predicted octanol–water partition coefficient (Wildman–Crippen LogP) is 4.78. The molecule has 0 fully saturated rings. The van der Waals surface area contributed by atoms with Gasteiger partial charge in [-0.15, -0.1) is 0 Å². The highest BCUT2D eigenvalue weighted by Gasteiger charge is 2.02. The molecule has 1 amide bonds. The van der Waals surface area contributed by atoms with E-state index >= 15 is 0 Å². The summed E-state index contributed by atoms with van der Waals surface area (Å²) in [5, 5.41) is 3.18. The molecule has 2 rings (SSSR count). The van der Waals surface area contributed by atoms with E-state index in [1.54, 1.807) is 30.3 Å². The van der Waals surface area contributed by atoms with E-state index in [2.05, 4.69) is 5.32 Å². The van der Waals surface area contributed by atoms with Crippen LogP contribution in [0.3, 0.4) is 0 Å². The Kier molecular flexibility index (Phi) is 4.77. The summed E-state index contributed by atoms with van der Waals surface area (Å²) in [5.41, 5.74) is 1.28. The minimum absolute atomic E-state index is 0.0375. The number of halogens is 3. The fourth-order valence-corrected chi connectivity index (χ4v) is 1.81. The molecular formula is C15H10Cl2FNO. The van der Waals surface area contributed by atoms with Gasteiger partial charge < -0.3 is 5.32 Å². The molecule has 0 heterocycles. The zero-order valence-electron chi connectivity index (χ0n) is 10.2. The molecule has 0 aliphatic carbocycles. The normalized spacial score (nSPS) is 10.8. The van der Waals surface area contributed by atoms with E-state index in [9.17, 15) is 9.18 Å². The van der Waals surface area contributed by atoms with Gasteiger partial charge in [0.05, 0.1) is 5.02 Å². The van der Waals surface area contributed by atoms with E-state index in [0.29, 0.717) is 10.7 Å². The highest BCUT2D eigenvalue weighted by molar-refractivity contribution is 6.31. The highest BCUT2D eigenvalue weighted by atomic mass is 35.5. The number of rotatable bonds is 3. The van der Waals surface area contributed by atoms with Crippen molar-refractivity contribution >= 4 is 40.9 Å². The highest BCUT2D eigenvalue weighted by Crippen LogP contribution is 2.19. The molecule has 0 bridgehead atoms. The zero-order chi connectivity index (χ0) is 14.5. The van der Waals surface area contributed by atoms with Crippen LogP contribution in [0.1, 0.15) is 5.56 Å².